The van der Waals surface area contributed by atoms with Crippen molar-refractivity contribution in [2.24, 2.45) is 0 Å². The maximum Gasteiger partial charge on any atom is 0.0823 e. The molecule has 2 nitrogen and oxygen atoms in total. The molecule has 0 aliphatic carbocycles. The zero-order chi connectivity index (χ0) is 13.0. The van der Waals surface area contributed by atoms with Crippen molar-refractivity contribution in [1.82, 2.24) is 0 Å². The highest BCUT2D eigenvalue weighted by molar-refractivity contribution is 6.43. The average molecular weight is 282 g/mol. The van der Waals surface area contributed by atoms with Crippen LogP contribution in [-0.4, -0.2) is 5.11 Å². The molecule has 0 bridgehead atoms. The highest BCUT2D eigenvalue weighted by Gasteiger charge is 2.03. The van der Waals surface area contributed by atoms with Crippen molar-refractivity contribution >= 4 is 28.9 Å². The van der Waals surface area contributed by atoms with Gasteiger partial charge in [-0.1, -0.05) is 53.5 Å². The van der Waals surface area contributed by atoms with Crippen molar-refractivity contribution in [3.63, 3.8) is 0 Å². The number of halogens is 2. The lowest BCUT2D eigenvalue weighted by molar-refractivity contribution is 0.282. The third kappa shape index (κ3) is 3.16. The third-order valence-electron chi connectivity index (χ3n) is 2.64. The van der Waals surface area contributed by atoms with Crippen LogP contribution in [0.1, 0.15) is 11.1 Å². The fraction of sp³-hybridized carbons (Fsp3) is 0.143. The second kappa shape index (κ2) is 6.10. The summed E-state index contributed by atoms with van der Waals surface area (Å²) in [6.45, 7) is 0.722. The van der Waals surface area contributed by atoms with Crippen LogP contribution in [0.25, 0.3) is 0 Å². The van der Waals surface area contributed by atoms with Gasteiger partial charge in [0.05, 0.1) is 22.3 Å². The van der Waals surface area contributed by atoms with Gasteiger partial charge in [0.15, 0.2) is 0 Å². The molecule has 0 fully saturated rings. The molecule has 2 rings (SSSR count). The number of aliphatic hydroxyl groups is 1. The molecule has 2 N–H and O–H groups in total. The van der Waals surface area contributed by atoms with E-state index in [2.05, 4.69) is 5.32 Å². The summed E-state index contributed by atoms with van der Waals surface area (Å²) in [5.41, 5.74) is 2.83. The van der Waals surface area contributed by atoms with E-state index in [1.807, 2.05) is 36.4 Å². The maximum atomic E-state index is 8.96. The van der Waals surface area contributed by atoms with Crippen molar-refractivity contribution in [3.8, 4) is 0 Å². The van der Waals surface area contributed by atoms with Crippen LogP contribution in [0.4, 0.5) is 5.69 Å². The maximum absolute atomic E-state index is 8.96. The highest BCUT2D eigenvalue weighted by atomic mass is 35.5. The Morgan fingerprint density at radius 2 is 1.61 bits per heavy atom. The Morgan fingerprint density at radius 1 is 0.944 bits per heavy atom. The summed E-state index contributed by atoms with van der Waals surface area (Å²) in [5, 5.41) is 13.3. The van der Waals surface area contributed by atoms with E-state index in [0.717, 1.165) is 16.8 Å². The minimum Gasteiger partial charge on any atom is -0.392 e. The first-order chi connectivity index (χ1) is 8.70. The van der Waals surface area contributed by atoms with Crippen LogP contribution in [0.15, 0.2) is 42.5 Å². The SMILES string of the molecule is OCc1ccc(CNc2cccc(Cl)c2Cl)cc1. The first-order valence-corrected chi connectivity index (χ1v) is 6.33. The molecule has 0 saturated heterocycles. The molecule has 0 radical (unpaired) electrons. The normalized spacial score (nSPS) is 10.4. The molecule has 2 aromatic rings. The predicted octanol–water partition coefficient (Wildman–Crippen LogP) is 4.10. The van der Waals surface area contributed by atoms with Gasteiger partial charge >= 0.3 is 0 Å². The molecule has 0 aromatic heterocycles. The number of hydrogen-bond donors (Lipinski definition) is 2. The fourth-order valence-electron chi connectivity index (χ4n) is 1.60. The zero-order valence-electron chi connectivity index (χ0n) is 9.66. The molecule has 2 aromatic carbocycles. The van der Waals surface area contributed by atoms with E-state index in [1.54, 1.807) is 6.07 Å². The van der Waals surface area contributed by atoms with Crippen molar-refractivity contribution in [2.75, 3.05) is 5.32 Å². The summed E-state index contributed by atoms with van der Waals surface area (Å²) in [4.78, 5) is 0. The van der Waals surface area contributed by atoms with Crippen LogP contribution in [0.2, 0.25) is 10.0 Å². The van der Waals surface area contributed by atoms with Crippen LogP contribution in [0, 0.1) is 0 Å². The van der Waals surface area contributed by atoms with Crippen LogP contribution in [0.3, 0.4) is 0 Å². The van der Waals surface area contributed by atoms with E-state index in [-0.39, 0.29) is 6.61 Å². The van der Waals surface area contributed by atoms with E-state index in [4.69, 9.17) is 28.3 Å². The van der Waals surface area contributed by atoms with E-state index in [0.29, 0.717) is 16.6 Å². The minimum absolute atomic E-state index is 0.0633. The molecule has 94 valence electrons. The standard InChI is InChI=1S/C14H13Cl2NO/c15-12-2-1-3-13(14(12)16)17-8-10-4-6-11(9-18)7-5-10/h1-7,17-18H,8-9H2. The Kier molecular flexibility index (Phi) is 4.48. The molecule has 0 amide bonds. The lowest BCUT2D eigenvalue weighted by Gasteiger charge is -2.09. The molecule has 0 atom stereocenters. The number of rotatable bonds is 4. The van der Waals surface area contributed by atoms with Gasteiger partial charge in [0, 0.05) is 6.54 Å². The van der Waals surface area contributed by atoms with E-state index < -0.39 is 0 Å². The molecule has 4 heteroatoms. The molecule has 0 unspecified atom stereocenters. The number of anilines is 1. The highest BCUT2D eigenvalue weighted by Crippen LogP contribution is 2.29. The largest absolute Gasteiger partial charge is 0.392 e. The Morgan fingerprint density at radius 3 is 2.28 bits per heavy atom. The van der Waals surface area contributed by atoms with Gasteiger partial charge in [0.1, 0.15) is 0 Å². The molecular formula is C14H13Cl2NO. The van der Waals surface area contributed by atoms with Crippen LogP contribution in [-0.2, 0) is 13.2 Å². The topological polar surface area (TPSA) is 32.3 Å². The van der Waals surface area contributed by atoms with Gasteiger partial charge in [-0.25, -0.2) is 0 Å². The van der Waals surface area contributed by atoms with Gasteiger partial charge in [-0.15, -0.1) is 0 Å². The van der Waals surface area contributed by atoms with Crippen molar-refractivity contribution < 1.29 is 5.11 Å². The van der Waals surface area contributed by atoms with Crippen LogP contribution in [0.5, 0.6) is 0 Å². The van der Waals surface area contributed by atoms with Crippen molar-refractivity contribution in [3.05, 3.63) is 63.6 Å². The van der Waals surface area contributed by atoms with Gasteiger partial charge in [0.2, 0.25) is 0 Å². The van der Waals surface area contributed by atoms with Crippen LogP contribution < -0.4 is 5.32 Å². The van der Waals surface area contributed by atoms with Gasteiger partial charge < -0.3 is 10.4 Å². The van der Waals surface area contributed by atoms with Gasteiger partial charge in [-0.2, -0.15) is 0 Å². The average Bonchev–Trinajstić information content (AvgIpc) is 2.41. The molecule has 0 heterocycles. The number of aliphatic hydroxyl groups excluding tert-OH is 1. The smallest absolute Gasteiger partial charge is 0.0823 e. The van der Waals surface area contributed by atoms with E-state index in [1.165, 1.54) is 0 Å². The van der Waals surface area contributed by atoms with Crippen molar-refractivity contribution in [1.29, 1.82) is 0 Å². The number of nitrogens with one attached hydrogen (secondary N) is 1. The first-order valence-electron chi connectivity index (χ1n) is 5.57. The number of benzene rings is 2. The van der Waals surface area contributed by atoms with Gasteiger partial charge in [-0.3, -0.25) is 0 Å². The first kappa shape index (κ1) is 13.2. The second-order valence-electron chi connectivity index (χ2n) is 3.93. The number of hydrogen-bond acceptors (Lipinski definition) is 2. The molecule has 0 spiro atoms. The summed E-state index contributed by atoms with van der Waals surface area (Å²) in [6.07, 6.45) is 0. The minimum atomic E-state index is 0.0633. The Balaban J connectivity index is 2.04. The summed E-state index contributed by atoms with van der Waals surface area (Å²) in [5.74, 6) is 0. The van der Waals surface area contributed by atoms with Crippen LogP contribution >= 0.6 is 23.2 Å². The Labute approximate surface area is 116 Å². The van der Waals surface area contributed by atoms with Gasteiger partial charge in [0.25, 0.3) is 0 Å². The lowest BCUT2D eigenvalue weighted by Crippen LogP contribution is -2.00. The summed E-state index contributed by atoms with van der Waals surface area (Å²) in [6, 6.07) is 13.2. The second-order valence-corrected chi connectivity index (χ2v) is 4.71. The summed E-state index contributed by atoms with van der Waals surface area (Å²) < 4.78 is 0. The molecule has 0 aliphatic rings. The quantitative estimate of drug-likeness (QED) is 0.885. The Hall–Kier alpha value is -1.22. The zero-order valence-corrected chi connectivity index (χ0v) is 11.2. The molecule has 0 saturated carbocycles. The summed E-state index contributed by atoms with van der Waals surface area (Å²) in [7, 11) is 0. The monoisotopic (exact) mass is 281 g/mol. The van der Waals surface area contributed by atoms with Gasteiger partial charge in [-0.05, 0) is 23.3 Å². The van der Waals surface area contributed by atoms with E-state index >= 15 is 0 Å². The summed E-state index contributed by atoms with van der Waals surface area (Å²) >= 11 is 12.0. The fourth-order valence-corrected chi connectivity index (χ4v) is 1.97. The Bertz CT molecular complexity index is 526. The lowest BCUT2D eigenvalue weighted by atomic mass is 10.1. The molecule has 0 aliphatic heterocycles. The van der Waals surface area contributed by atoms with E-state index in [9.17, 15) is 0 Å². The predicted molar refractivity (Wildman–Crippen MR) is 76.2 cm³/mol. The van der Waals surface area contributed by atoms with Crippen molar-refractivity contribution in [2.45, 2.75) is 13.2 Å². The molecule has 18 heavy (non-hydrogen) atoms. The molecular weight excluding hydrogens is 269 g/mol. The third-order valence-corrected chi connectivity index (χ3v) is 3.46.